The van der Waals surface area contributed by atoms with Crippen LogP contribution < -0.4 is 30.3 Å². The Hall–Kier alpha value is -3.49. The number of amides is 1. The smallest absolute Gasteiger partial charge is 0.243 e. The van der Waals surface area contributed by atoms with E-state index in [9.17, 15) is 9.18 Å². The van der Waals surface area contributed by atoms with E-state index in [0.29, 0.717) is 11.6 Å². The number of rotatable bonds is 7. The molecular weight excluding hydrogens is 401 g/mol. The van der Waals surface area contributed by atoms with Crippen LogP contribution in [0.4, 0.5) is 15.8 Å². The number of guanidine groups is 1. The van der Waals surface area contributed by atoms with Gasteiger partial charge in [0.2, 0.25) is 5.91 Å². The molecule has 0 aliphatic carbocycles. The number of anilines is 2. The van der Waals surface area contributed by atoms with Crippen molar-refractivity contribution >= 4 is 23.2 Å². The van der Waals surface area contributed by atoms with Crippen LogP contribution in [-0.4, -0.2) is 58.8 Å². The van der Waals surface area contributed by atoms with Crippen molar-refractivity contribution in [1.82, 2.24) is 10.6 Å². The molecule has 1 saturated heterocycles. The van der Waals surface area contributed by atoms with Crippen LogP contribution >= 0.6 is 0 Å². The average molecular weight is 429 g/mol. The molecule has 166 valence electrons. The number of hydrogen-bond donors (Lipinski definition) is 3. The first kappa shape index (κ1) is 22.2. The Bertz CT molecular complexity index is 915. The number of halogens is 1. The topological polar surface area (TPSA) is 87.2 Å². The Labute approximate surface area is 181 Å². The number of ether oxygens (including phenoxy) is 2. The highest BCUT2D eigenvalue weighted by molar-refractivity contribution is 5.95. The molecule has 2 aromatic rings. The fourth-order valence-electron chi connectivity index (χ4n) is 3.41. The fourth-order valence-corrected chi connectivity index (χ4v) is 3.41. The summed E-state index contributed by atoms with van der Waals surface area (Å²) in [7, 11) is 4.92. The van der Waals surface area contributed by atoms with E-state index >= 15 is 0 Å². The van der Waals surface area contributed by atoms with Crippen LogP contribution in [0.25, 0.3) is 0 Å². The van der Waals surface area contributed by atoms with Gasteiger partial charge in [-0.3, -0.25) is 9.79 Å². The number of nitrogens with zero attached hydrogens (tertiary/aromatic N) is 2. The summed E-state index contributed by atoms with van der Waals surface area (Å²) in [6.45, 7) is 1.65. The number of carbonyl (C=O) groups excluding carboxylic acids is 1. The molecule has 1 aliphatic rings. The second-order valence-corrected chi connectivity index (χ2v) is 7.13. The van der Waals surface area contributed by atoms with Crippen molar-refractivity contribution in [2.24, 2.45) is 4.99 Å². The first-order valence-corrected chi connectivity index (χ1v) is 10.0. The van der Waals surface area contributed by atoms with Gasteiger partial charge in [-0.25, -0.2) is 4.39 Å². The summed E-state index contributed by atoms with van der Waals surface area (Å²) in [5, 5.41) is 8.99. The van der Waals surface area contributed by atoms with Crippen LogP contribution in [0.5, 0.6) is 11.5 Å². The molecule has 0 aromatic heterocycles. The number of carbonyl (C=O) groups is 1. The Balaban J connectivity index is 1.51. The molecule has 1 unspecified atom stereocenters. The van der Waals surface area contributed by atoms with Crippen molar-refractivity contribution in [3.8, 4) is 11.5 Å². The van der Waals surface area contributed by atoms with Gasteiger partial charge >= 0.3 is 0 Å². The summed E-state index contributed by atoms with van der Waals surface area (Å²) < 4.78 is 24.0. The number of benzene rings is 2. The van der Waals surface area contributed by atoms with Crippen LogP contribution in [0.3, 0.4) is 0 Å². The fraction of sp³-hybridized carbons (Fsp3) is 0.364. The third-order valence-corrected chi connectivity index (χ3v) is 4.98. The predicted molar refractivity (Wildman–Crippen MR) is 120 cm³/mol. The van der Waals surface area contributed by atoms with Gasteiger partial charge in [-0.15, -0.1) is 0 Å². The second kappa shape index (κ2) is 10.5. The second-order valence-electron chi connectivity index (χ2n) is 7.13. The number of nitrogens with one attached hydrogen (secondary N) is 3. The Morgan fingerprint density at radius 2 is 1.94 bits per heavy atom. The van der Waals surface area contributed by atoms with Crippen LogP contribution in [0.2, 0.25) is 0 Å². The third kappa shape index (κ3) is 6.24. The monoisotopic (exact) mass is 429 g/mol. The van der Waals surface area contributed by atoms with Crippen LogP contribution in [0, 0.1) is 5.82 Å². The highest BCUT2D eigenvalue weighted by Crippen LogP contribution is 2.30. The lowest BCUT2D eigenvalue weighted by Crippen LogP contribution is -2.46. The van der Waals surface area contributed by atoms with E-state index in [4.69, 9.17) is 9.47 Å². The van der Waals surface area contributed by atoms with Gasteiger partial charge in [0.25, 0.3) is 0 Å². The molecule has 3 rings (SSSR count). The van der Waals surface area contributed by atoms with E-state index in [1.54, 1.807) is 33.4 Å². The summed E-state index contributed by atoms with van der Waals surface area (Å²) in [6, 6.07) is 11.7. The maximum Gasteiger partial charge on any atom is 0.243 e. The first-order valence-electron chi connectivity index (χ1n) is 10.0. The first-order chi connectivity index (χ1) is 15.0. The molecule has 9 heteroatoms. The van der Waals surface area contributed by atoms with E-state index in [-0.39, 0.29) is 18.5 Å². The van der Waals surface area contributed by atoms with Gasteiger partial charge in [0.1, 0.15) is 17.3 Å². The van der Waals surface area contributed by atoms with Crippen LogP contribution in [0.1, 0.15) is 6.42 Å². The van der Waals surface area contributed by atoms with Crippen LogP contribution in [-0.2, 0) is 4.79 Å². The largest absolute Gasteiger partial charge is 0.497 e. The van der Waals surface area contributed by atoms with Crippen molar-refractivity contribution in [1.29, 1.82) is 0 Å². The van der Waals surface area contributed by atoms with Crippen LogP contribution in [0.15, 0.2) is 47.5 Å². The molecule has 0 saturated carbocycles. The van der Waals surface area contributed by atoms with Crippen molar-refractivity contribution in [3.63, 3.8) is 0 Å². The van der Waals surface area contributed by atoms with E-state index in [1.165, 1.54) is 12.1 Å². The van der Waals surface area contributed by atoms with Crippen molar-refractivity contribution in [2.45, 2.75) is 12.5 Å². The quantitative estimate of drug-likeness (QED) is 0.462. The number of aliphatic imine (C=N–C) groups is 1. The third-order valence-electron chi connectivity index (χ3n) is 4.98. The summed E-state index contributed by atoms with van der Waals surface area (Å²) in [6.07, 6.45) is 0.912. The highest BCUT2D eigenvalue weighted by Gasteiger charge is 2.24. The van der Waals surface area contributed by atoms with Gasteiger partial charge < -0.3 is 30.3 Å². The Kier molecular flexibility index (Phi) is 7.53. The molecule has 3 N–H and O–H groups in total. The molecule has 1 atom stereocenters. The summed E-state index contributed by atoms with van der Waals surface area (Å²) in [5.74, 6) is 1.33. The molecule has 1 fully saturated rings. The van der Waals surface area contributed by atoms with E-state index in [1.807, 2.05) is 18.2 Å². The minimum absolute atomic E-state index is 0.0136. The minimum Gasteiger partial charge on any atom is -0.497 e. The molecule has 0 bridgehead atoms. The summed E-state index contributed by atoms with van der Waals surface area (Å²) >= 11 is 0. The lowest BCUT2D eigenvalue weighted by molar-refractivity contribution is -0.115. The molecule has 31 heavy (non-hydrogen) atoms. The zero-order chi connectivity index (χ0) is 22.2. The highest BCUT2D eigenvalue weighted by atomic mass is 19.1. The molecule has 0 radical (unpaired) electrons. The van der Waals surface area contributed by atoms with Gasteiger partial charge in [-0.1, -0.05) is 6.07 Å². The van der Waals surface area contributed by atoms with E-state index in [0.717, 1.165) is 36.7 Å². The molecule has 8 nitrogen and oxygen atoms in total. The van der Waals surface area contributed by atoms with Gasteiger partial charge in [-0.2, -0.15) is 0 Å². The van der Waals surface area contributed by atoms with Gasteiger partial charge in [0.05, 0.1) is 20.8 Å². The summed E-state index contributed by atoms with van der Waals surface area (Å²) in [5.41, 5.74) is 1.44. The van der Waals surface area contributed by atoms with Gasteiger partial charge in [0, 0.05) is 55.8 Å². The Morgan fingerprint density at radius 1 is 1.19 bits per heavy atom. The SMILES string of the molecule is CN=C(NCC(=O)Nc1cccc(F)c1)NC1CCN(c2cc(OC)cc(OC)c2)C1. The normalized spacial score (nSPS) is 16.1. The molecular formula is C22H28FN5O3. The molecule has 0 spiro atoms. The zero-order valence-corrected chi connectivity index (χ0v) is 17.9. The standard InChI is InChI=1S/C22H28FN5O3/c1-24-22(25-13-21(29)26-16-6-4-5-15(23)9-16)27-17-7-8-28(14-17)18-10-19(30-2)12-20(11-18)31-3/h4-6,9-12,17H,7-8,13-14H2,1-3H3,(H,26,29)(H2,24,25,27). The van der Waals surface area contributed by atoms with E-state index in [2.05, 4.69) is 25.8 Å². The lowest BCUT2D eigenvalue weighted by atomic mass is 10.2. The maximum atomic E-state index is 13.2. The zero-order valence-electron chi connectivity index (χ0n) is 17.9. The predicted octanol–water partition coefficient (Wildman–Crippen LogP) is 2.23. The van der Waals surface area contributed by atoms with Gasteiger partial charge in [0.15, 0.2) is 5.96 Å². The number of methoxy groups -OCH3 is 2. The molecule has 1 amide bonds. The van der Waals surface area contributed by atoms with Crippen molar-refractivity contribution in [3.05, 3.63) is 48.3 Å². The van der Waals surface area contributed by atoms with Gasteiger partial charge in [-0.05, 0) is 24.6 Å². The van der Waals surface area contributed by atoms with Crippen molar-refractivity contribution in [2.75, 3.05) is 51.1 Å². The summed E-state index contributed by atoms with van der Waals surface area (Å²) in [4.78, 5) is 18.6. The number of hydrogen-bond acceptors (Lipinski definition) is 5. The Morgan fingerprint density at radius 3 is 2.58 bits per heavy atom. The minimum atomic E-state index is -0.400. The average Bonchev–Trinajstić information content (AvgIpc) is 3.24. The lowest BCUT2D eigenvalue weighted by Gasteiger charge is -2.21. The maximum absolute atomic E-state index is 13.2. The van der Waals surface area contributed by atoms with E-state index < -0.39 is 5.82 Å². The van der Waals surface area contributed by atoms with Crippen molar-refractivity contribution < 1.29 is 18.7 Å². The molecule has 1 heterocycles. The molecule has 1 aliphatic heterocycles. The molecule has 2 aromatic carbocycles.